The van der Waals surface area contributed by atoms with Crippen molar-refractivity contribution >= 4 is 5.82 Å². The molecule has 0 aliphatic heterocycles. The summed E-state index contributed by atoms with van der Waals surface area (Å²) >= 11 is 0. The van der Waals surface area contributed by atoms with Crippen LogP contribution in [0.5, 0.6) is 0 Å². The minimum absolute atomic E-state index is 0.239. The van der Waals surface area contributed by atoms with Gasteiger partial charge in [-0.05, 0) is 20.8 Å². The first-order valence-corrected chi connectivity index (χ1v) is 5.81. The summed E-state index contributed by atoms with van der Waals surface area (Å²) in [5.41, 5.74) is 2.10. The van der Waals surface area contributed by atoms with Gasteiger partial charge in [0, 0.05) is 19.3 Å². The Morgan fingerprint density at radius 3 is 2.61 bits per heavy atom. The van der Waals surface area contributed by atoms with Crippen LogP contribution in [0.3, 0.4) is 0 Å². The van der Waals surface area contributed by atoms with Gasteiger partial charge in [-0.3, -0.25) is 4.68 Å². The normalized spacial score (nSPS) is 10.7. The highest BCUT2D eigenvalue weighted by Crippen LogP contribution is 2.23. The minimum atomic E-state index is -0.401. The summed E-state index contributed by atoms with van der Waals surface area (Å²) in [5, 5.41) is 7.04. The van der Waals surface area contributed by atoms with Crippen LogP contribution in [0.15, 0.2) is 6.20 Å². The zero-order chi connectivity index (χ0) is 13.3. The summed E-state index contributed by atoms with van der Waals surface area (Å²) in [6.45, 7) is 6.06. The summed E-state index contributed by atoms with van der Waals surface area (Å²) in [6, 6.07) is 0. The van der Waals surface area contributed by atoms with E-state index in [1.807, 2.05) is 20.9 Å². The molecule has 0 radical (unpaired) electrons. The van der Waals surface area contributed by atoms with Gasteiger partial charge in [-0.1, -0.05) is 0 Å². The lowest BCUT2D eigenvalue weighted by Gasteiger charge is -2.08. The van der Waals surface area contributed by atoms with Crippen LogP contribution in [0, 0.1) is 19.7 Å². The zero-order valence-corrected chi connectivity index (χ0v) is 11.0. The van der Waals surface area contributed by atoms with E-state index in [1.165, 1.54) is 0 Å². The lowest BCUT2D eigenvalue weighted by molar-refractivity contribution is 0.606. The van der Waals surface area contributed by atoms with Crippen LogP contribution in [-0.2, 0) is 7.05 Å². The van der Waals surface area contributed by atoms with Crippen molar-refractivity contribution in [3.8, 4) is 11.4 Å². The van der Waals surface area contributed by atoms with Gasteiger partial charge in [-0.25, -0.2) is 14.4 Å². The highest BCUT2D eigenvalue weighted by atomic mass is 19.1. The molecule has 0 fully saturated rings. The van der Waals surface area contributed by atoms with Gasteiger partial charge in [-0.2, -0.15) is 5.10 Å². The molecule has 0 amide bonds. The van der Waals surface area contributed by atoms with E-state index in [9.17, 15) is 4.39 Å². The fraction of sp³-hybridized carbons (Fsp3) is 0.417. The number of aromatic nitrogens is 4. The van der Waals surface area contributed by atoms with Crippen molar-refractivity contribution < 1.29 is 4.39 Å². The van der Waals surface area contributed by atoms with Crippen molar-refractivity contribution in [2.24, 2.45) is 7.05 Å². The topological polar surface area (TPSA) is 55.6 Å². The van der Waals surface area contributed by atoms with E-state index in [4.69, 9.17) is 0 Å². The molecule has 0 spiro atoms. The predicted octanol–water partition coefficient (Wildman–Crippen LogP) is 2.06. The van der Waals surface area contributed by atoms with Crippen molar-refractivity contribution in [1.29, 1.82) is 0 Å². The Kier molecular flexibility index (Phi) is 3.27. The van der Waals surface area contributed by atoms with Crippen LogP contribution in [-0.4, -0.2) is 26.3 Å². The fourth-order valence-electron chi connectivity index (χ4n) is 1.68. The molecule has 0 unspecified atom stereocenters. The van der Waals surface area contributed by atoms with Crippen LogP contribution in [0.25, 0.3) is 11.4 Å². The Morgan fingerprint density at radius 1 is 1.33 bits per heavy atom. The molecule has 0 aromatic carbocycles. The molecule has 18 heavy (non-hydrogen) atoms. The largest absolute Gasteiger partial charge is 0.368 e. The lowest BCUT2D eigenvalue weighted by atomic mass is 10.2. The van der Waals surface area contributed by atoms with Crippen LogP contribution >= 0.6 is 0 Å². The van der Waals surface area contributed by atoms with E-state index >= 15 is 0 Å². The molecule has 2 rings (SSSR count). The Hall–Kier alpha value is -1.98. The molecule has 96 valence electrons. The van der Waals surface area contributed by atoms with E-state index in [1.54, 1.807) is 17.8 Å². The van der Waals surface area contributed by atoms with Crippen molar-refractivity contribution in [3.63, 3.8) is 0 Å². The SMILES string of the molecule is CCNc1nc(-c2cnn(C)c2C)nc(C)c1F. The van der Waals surface area contributed by atoms with E-state index in [0.717, 1.165) is 11.3 Å². The maximum atomic E-state index is 13.8. The molecule has 5 nitrogen and oxygen atoms in total. The molecule has 6 heteroatoms. The second-order valence-electron chi connectivity index (χ2n) is 4.09. The number of rotatable bonds is 3. The maximum absolute atomic E-state index is 13.8. The molecular formula is C12H16FN5. The van der Waals surface area contributed by atoms with Crippen molar-refractivity contribution in [2.75, 3.05) is 11.9 Å². The number of nitrogens with one attached hydrogen (secondary N) is 1. The molecule has 0 aliphatic rings. The van der Waals surface area contributed by atoms with E-state index < -0.39 is 5.82 Å². The summed E-state index contributed by atoms with van der Waals surface area (Å²) in [5.74, 6) is 0.334. The second kappa shape index (κ2) is 4.72. The maximum Gasteiger partial charge on any atom is 0.186 e. The zero-order valence-electron chi connectivity index (χ0n) is 11.0. The molecular weight excluding hydrogens is 233 g/mol. The molecule has 0 bridgehead atoms. The first-order chi connectivity index (χ1) is 8.54. The van der Waals surface area contributed by atoms with Gasteiger partial charge >= 0.3 is 0 Å². The smallest absolute Gasteiger partial charge is 0.186 e. The third-order valence-electron chi connectivity index (χ3n) is 2.84. The first kappa shape index (κ1) is 12.5. The summed E-state index contributed by atoms with van der Waals surface area (Å²) in [4.78, 5) is 8.40. The Labute approximate surface area is 105 Å². The predicted molar refractivity (Wildman–Crippen MR) is 67.8 cm³/mol. The average Bonchev–Trinajstić information content (AvgIpc) is 2.66. The monoisotopic (exact) mass is 249 g/mol. The third-order valence-corrected chi connectivity index (χ3v) is 2.84. The van der Waals surface area contributed by atoms with Crippen LogP contribution in [0.1, 0.15) is 18.3 Å². The number of hydrogen-bond donors (Lipinski definition) is 1. The first-order valence-electron chi connectivity index (χ1n) is 5.81. The quantitative estimate of drug-likeness (QED) is 0.904. The van der Waals surface area contributed by atoms with E-state index in [-0.39, 0.29) is 5.82 Å². The van der Waals surface area contributed by atoms with E-state index in [0.29, 0.717) is 18.1 Å². The summed E-state index contributed by atoms with van der Waals surface area (Å²) in [7, 11) is 1.85. The van der Waals surface area contributed by atoms with Gasteiger partial charge in [0.15, 0.2) is 17.5 Å². The van der Waals surface area contributed by atoms with Crippen LogP contribution in [0.2, 0.25) is 0 Å². The Morgan fingerprint density at radius 2 is 2.06 bits per heavy atom. The van der Waals surface area contributed by atoms with Gasteiger partial charge in [0.25, 0.3) is 0 Å². The van der Waals surface area contributed by atoms with Gasteiger partial charge < -0.3 is 5.32 Å². The number of aryl methyl sites for hydroxylation is 2. The van der Waals surface area contributed by atoms with Gasteiger partial charge in [0.1, 0.15) is 0 Å². The van der Waals surface area contributed by atoms with Crippen LogP contribution in [0.4, 0.5) is 10.2 Å². The van der Waals surface area contributed by atoms with Gasteiger partial charge in [0.05, 0.1) is 17.5 Å². The highest BCUT2D eigenvalue weighted by Gasteiger charge is 2.15. The molecule has 0 saturated carbocycles. The van der Waals surface area contributed by atoms with E-state index in [2.05, 4.69) is 20.4 Å². The van der Waals surface area contributed by atoms with Crippen molar-refractivity contribution in [3.05, 3.63) is 23.4 Å². The third kappa shape index (κ3) is 2.05. The Balaban J connectivity index is 2.55. The van der Waals surface area contributed by atoms with Crippen molar-refractivity contribution in [1.82, 2.24) is 19.7 Å². The summed E-state index contributed by atoms with van der Waals surface area (Å²) in [6.07, 6.45) is 1.69. The number of nitrogens with zero attached hydrogens (tertiary/aromatic N) is 4. The number of anilines is 1. The second-order valence-corrected chi connectivity index (χ2v) is 4.09. The lowest BCUT2D eigenvalue weighted by Crippen LogP contribution is -2.07. The van der Waals surface area contributed by atoms with Crippen LogP contribution < -0.4 is 5.32 Å². The average molecular weight is 249 g/mol. The minimum Gasteiger partial charge on any atom is -0.368 e. The summed E-state index contributed by atoms with van der Waals surface area (Å²) < 4.78 is 15.5. The number of halogens is 1. The molecule has 2 heterocycles. The number of hydrogen-bond acceptors (Lipinski definition) is 4. The van der Waals surface area contributed by atoms with Crippen molar-refractivity contribution in [2.45, 2.75) is 20.8 Å². The fourth-order valence-corrected chi connectivity index (χ4v) is 1.68. The standard InChI is InChI=1S/C12H16FN5/c1-5-14-12-10(13)7(2)16-11(17-12)9-6-15-18(4)8(9)3/h6H,5H2,1-4H3,(H,14,16,17). The molecule has 2 aromatic rings. The van der Waals surface area contributed by atoms with Gasteiger partial charge in [0.2, 0.25) is 0 Å². The molecule has 0 saturated heterocycles. The highest BCUT2D eigenvalue weighted by molar-refractivity contribution is 5.59. The molecule has 0 atom stereocenters. The van der Waals surface area contributed by atoms with Gasteiger partial charge in [-0.15, -0.1) is 0 Å². The molecule has 2 aromatic heterocycles. The Bertz CT molecular complexity index is 576. The molecule has 1 N–H and O–H groups in total. The molecule has 0 aliphatic carbocycles.